The van der Waals surface area contributed by atoms with Crippen LogP contribution in [0, 0.1) is 0 Å². The van der Waals surface area contributed by atoms with Gasteiger partial charge in [0.05, 0.1) is 0 Å². The van der Waals surface area contributed by atoms with Gasteiger partial charge in [-0.15, -0.1) is 0 Å². The smallest absolute Gasteiger partial charge is 0.272 e. The number of rotatable bonds is 0. The lowest BCUT2D eigenvalue weighted by Gasteiger charge is -1.96. The highest BCUT2D eigenvalue weighted by Gasteiger charge is 2.23. The van der Waals surface area contributed by atoms with Crippen LogP contribution in [0.1, 0.15) is 0 Å². The van der Waals surface area contributed by atoms with Crippen molar-refractivity contribution in [3.8, 4) is 0 Å². The third kappa shape index (κ3) is 1.23. The summed E-state index contributed by atoms with van der Waals surface area (Å²) in [5.41, 5.74) is 0. The van der Waals surface area contributed by atoms with E-state index in [1.54, 1.807) is 0 Å². The Labute approximate surface area is 45.7 Å². The van der Waals surface area contributed by atoms with Crippen LogP contribution in [0.25, 0.3) is 0 Å². The molecule has 0 atom stereocenters. The average Bonchev–Trinajstić information content (AvgIpc) is 1.87. The van der Waals surface area contributed by atoms with E-state index in [1.165, 1.54) is 12.6 Å². The maximum absolute atomic E-state index is 5.36. The first kappa shape index (κ1) is 5.23. The fourth-order valence-electron chi connectivity index (χ4n) is 1.00. The van der Waals surface area contributed by atoms with Crippen LogP contribution < -0.4 is 0 Å². The fourth-order valence-corrected chi connectivity index (χ4v) is 1.00. The highest BCUT2D eigenvalue weighted by molar-refractivity contribution is 6.70. The Hall–Kier alpha value is 0.0899. The second-order valence-corrected chi connectivity index (χ2v) is 2.33. The third-order valence-electron chi connectivity index (χ3n) is 1.44. The maximum atomic E-state index is 5.36. The molecule has 0 spiro atoms. The molecule has 0 aromatic rings. The normalized spacial score (nSPS) is 21.4. The van der Waals surface area contributed by atoms with Gasteiger partial charge in [0.2, 0.25) is 0 Å². The van der Waals surface area contributed by atoms with Gasteiger partial charge in [-0.05, 0) is 0 Å². The summed E-state index contributed by atoms with van der Waals surface area (Å²) in [6.45, 7) is 5.30. The second-order valence-electron chi connectivity index (χ2n) is 2.33. The van der Waals surface area contributed by atoms with Gasteiger partial charge in [0, 0.05) is 0 Å². The van der Waals surface area contributed by atoms with E-state index in [-0.39, 0.29) is 0 Å². The van der Waals surface area contributed by atoms with E-state index in [0.717, 1.165) is 0 Å². The molecule has 1 heterocycles. The van der Waals surface area contributed by atoms with Gasteiger partial charge < -0.3 is 4.57 Å². The van der Waals surface area contributed by atoms with Crippen LogP contribution in [0.3, 0.4) is 0 Å². The summed E-state index contributed by atoms with van der Waals surface area (Å²) in [4.78, 5) is 0. The molecule has 1 nitrogen and oxygen atoms in total. The molecule has 1 aliphatic rings. The van der Waals surface area contributed by atoms with E-state index < -0.39 is 0 Å². The Balaban J connectivity index is 2.26. The lowest BCUT2D eigenvalue weighted by Crippen LogP contribution is -2.10. The van der Waals surface area contributed by atoms with Crippen molar-refractivity contribution in [3.63, 3.8) is 0 Å². The van der Waals surface area contributed by atoms with Crippen LogP contribution in [-0.4, -0.2) is 13.8 Å². The summed E-state index contributed by atoms with van der Waals surface area (Å²) in [6, 6.07) is 0. The van der Waals surface area contributed by atoms with Gasteiger partial charge in [-0.3, -0.25) is 0 Å². The van der Waals surface area contributed by atoms with Crippen molar-refractivity contribution in [3.05, 3.63) is 0 Å². The van der Waals surface area contributed by atoms with Crippen molar-refractivity contribution in [2.24, 2.45) is 0 Å². The number of hydrogen-bond donors (Lipinski definition) is 0. The van der Waals surface area contributed by atoms with Crippen molar-refractivity contribution in [2.45, 2.75) is 26.3 Å². The van der Waals surface area contributed by atoms with Gasteiger partial charge in [-0.25, -0.2) is 0 Å². The Morgan fingerprint density at radius 1 is 1.14 bits per heavy atom. The van der Waals surface area contributed by atoms with Crippen LogP contribution in [0.4, 0.5) is 0 Å². The molecule has 0 aliphatic carbocycles. The monoisotopic (exact) mass is 96.1 g/mol. The standard InChI is InChI=1S/C4H10B2O/c1-5-3-4-6(2)7-5/h3-4H2,1-2H3. The highest BCUT2D eigenvalue weighted by Crippen LogP contribution is 2.14. The summed E-state index contributed by atoms with van der Waals surface area (Å²) >= 11 is 0. The van der Waals surface area contributed by atoms with Crippen LogP contribution in [0.15, 0.2) is 0 Å². The fraction of sp³-hybridized carbons (Fsp3) is 1.00. The minimum atomic E-state index is 0.523. The van der Waals surface area contributed by atoms with E-state index >= 15 is 0 Å². The Morgan fingerprint density at radius 3 is 1.71 bits per heavy atom. The molecule has 7 heavy (non-hydrogen) atoms. The van der Waals surface area contributed by atoms with Gasteiger partial charge >= 0.3 is 0 Å². The first-order valence-electron chi connectivity index (χ1n) is 2.94. The molecule has 1 fully saturated rings. The molecule has 0 amide bonds. The van der Waals surface area contributed by atoms with Crippen LogP contribution in [-0.2, 0) is 4.57 Å². The van der Waals surface area contributed by atoms with E-state index in [1.807, 2.05) is 0 Å². The number of hydrogen-bond acceptors (Lipinski definition) is 1. The van der Waals surface area contributed by atoms with E-state index in [4.69, 9.17) is 4.57 Å². The topological polar surface area (TPSA) is 9.23 Å². The van der Waals surface area contributed by atoms with E-state index in [2.05, 4.69) is 13.6 Å². The maximum Gasteiger partial charge on any atom is 0.272 e. The molecule has 38 valence electrons. The molecule has 0 radical (unpaired) electrons. The molecule has 1 aliphatic heterocycles. The zero-order valence-corrected chi connectivity index (χ0v) is 4.98. The Bertz CT molecular complexity index is 58.7. The van der Waals surface area contributed by atoms with Gasteiger partial charge in [0.25, 0.3) is 13.8 Å². The molecular weight excluding hydrogens is 85.7 g/mol. The molecule has 0 N–H and O–H groups in total. The van der Waals surface area contributed by atoms with Gasteiger partial charge in [0.1, 0.15) is 0 Å². The molecule has 0 unspecified atom stereocenters. The quantitative estimate of drug-likeness (QED) is 0.412. The Morgan fingerprint density at radius 2 is 1.57 bits per heavy atom. The average molecular weight is 95.7 g/mol. The third-order valence-corrected chi connectivity index (χ3v) is 1.44. The van der Waals surface area contributed by atoms with Crippen molar-refractivity contribution in [2.75, 3.05) is 0 Å². The molecule has 3 heteroatoms. The largest absolute Gasteiger partial charge is 0.499 e. The minimum Gasteiger partial charge on any atom is -0.499 e. The van der Waals surface area contributed by atoms with Crippen molar-refractivity contribution in [1.29, 1.82) is 0 Å². The molecule has 1 rings (SSSR count). The second kappa shape index (κ2) is 1.91. The molecular formula is C4H10B2O. The van der Waals surface area contributed by atoms with Gasteiger partial charge in [-0.1, -0.05) is 26.3 Å². The predicted octanol–water partition coefficient (Wildman–Crippen LogP) is 1.26. The van der Waals surface area contributed by atoms with Crippen molar-refractivity contribution >= 4 is 13.8 Å². The minimum absolute atomic E-state index is 0.523. The van der Waals surface area contributed by atoms with E-state index in [9.17, 15) is 0 Å². The summed E-state index contributed by atoms with van der Waals surface area (Å²) in [7, 11) is 0. The van der Waals surface area contributed by atoms with Crippen LogP contribution in [0.5, 0.6) is 0 Å². The van der Waals surface area contributed by atoms with Gasteiger partial charge in [0.15, 0.2) is 0 Å². The SMILES string of the molecule is CB1CCB(C)O1. The molecule has 0 saturated carbocycles. The van der Waals surface area contributed by atoms with E-state index in [0.29, 0.717) is 13.8 Å². The molecule has 0 bridgehead atoms. The van der Waals surface area contributed by atoms with Crippen LogP contribution in [0.2, 0.25) is 26.3 Å². The summed E-state index contributed by atoms with van der Waals surface area (Å²) in [5, 5.41) is 0. The lowest BCUT2D eigenvalue weighted by molar-refractivity contribution is 0.623. The van der Waals surface area contributed by atoms with Crippen LogP contribution >= 0.6 is 0 Å². The molecule has 0 aromatic carbocycles. The predicted molar refractivity (Wildman–Crippen MR) is 33.9 cm³/mol. The first-order chi connectivity index (χ1) is 3.29. The summed E-state index contributed by atoms with van der Waals surface area (Å²) in [5.74, 6) is 0. The zero-order chi connectivity index (χ0) is 5.28. The molecule has 1 saturated heterocycles. The highest BCUT2D eigenvalue weighted by atomic mass is 16.4. The lowest BCUT2D eigenvalue weighted by atomic mass is 9.65. The Kier molecular flexibility index (Phi) is 1.43. The molecule has 0 aromatic heterocycles. The van der Waals surface area contributed by atoms with Crippen molar-refractivity contribution in [1.82, 2.24) is 0 Å². The summed E-state index contributed by atoms with van der Waals surface area (Å²) in [6.07, 6.45) is 2.50. The first-order valence-corrected chi connectivity index (χ1v) is 2.94. The summed E-state index contributed by atoms with van der Waals surface area (Å²) < 4.78 is 5.36. The zero-order valence-electron chi connectivity index (χ0n) is 4.98. The van der Waals surface area contributed by atoms with Gasteiger partial charge in [-0.2, -0.15) is 0 Å². The van der Waals surface area contributed by atoms with Crippen molar-refractivity contribution < 1.29 is 4.57 Å².